The summed E-state index contributed by atoms with van der Waals surface area (Å²) in [4.78, 5) is 18.3. The van der Waals surface area contributed by atoms with Gasteiger partial charge in [-0.2, -0.15) is 4.98 Å². The second-order valence-corrected chi connectivity index (χ2v) is 9.68. The van der Waals surface area contributed by atoms with Gasteiger partial charge in [0.05, 0.1) is 5.57 Å². The highest BCUT2D eigenvalue weighted by atomic mass is 35.5. The van der Waals surface area contributed by atoms with E-state index in [1.54, 1.807) is 11.8 Å². The molecule has 1 aliphatic rings. The van der Waals surface area contributed by atoms with E-state index >= 15 is 0 Å². The molecule has 2 aromatic carbocycles. The highest BCUT2D eigenvalue weighted by Crippen LogP contribution is 2.37. The zero-order valence-electron chi connectivity index (χ0n) is 19.3. The molecule has 0 spiro atoms. The molecule has 0 fully saturated rings. The minimum atomic E-state index is -0.420. The number of thioether (sulfide) groups is 1. The molecule has 1 atom stereocenters. The van der Waals surface area contributed by atoms with E-state index in [-0.39, 0.29) is 5.91 Å². The lowest BCUT2D eigenvalue weighted by molar-refractivity contribution is -0.113. The molecule has 0 aliphatic carbocycles. The number of carbonyl (C=O) groups excluding carboxylic acids is 1. The number of benzene rings is 2. The van der Waals surface area contributed by atoms with Crippen molar-refractivity contribution in [2.75, 3.05) is 16.4 Å². The highest BCUT2D eigenvalue weighted by Gasteiger charge is 2.34. The summed E-state index contributed by atoms with van der Waals surface area (Å²) in [5, 5.41) is 12.5. The first-order valence-electron chi connectivity index (χ1n) is 11.1. The lowest BCUT2D eigenvalue weighted by Crippen LogP contribution is -2.31. The van der Waals surface area contributed by atoms with Crippen molar-refractivity contribution in [2.24, 2.45) is 0 Å². The smallest absolute Gasteiger partial charge is 0.255 e. The standard InChI is InChI=1S/C25H28ClN5OS/c1-5-6-14-33-25-29-24-27-17(4)21(23(32)28-20-9-7-8-15(2)16(20)3)22(31(24)30-25)18-10-12-19(26)13-11-18/h7-13,22H,5-6,14H2,1-4H3,(H,28,32)(H,27,29,30). The van der Waals surface area contributed by atoms with E-state index in [0.29, 0.717) is 21.7 Å². The van der Waals surface area contributed by atoms with Crippen molar-refractivity contribution in [2.45, 2.75) is 51.7 Å². The average molecular weight is 482 g/mol. The lowest BCUT2D eigenvalue weighted by Gasteiger charge is -2.29. The summed E-state index contributed by atoms with van der Waals surface area (Å²) < 4.78 is 1.81. The summed E-state index contributed by atoms with van der Waals surface area (Å²) in [6.45, 7) is 8.12. The van der Waals surface area contributed by atoms with Crippen LogP contribution in [0, 0.1) is 13.8 Å². The third-order valence-corrected chi connectivity index (χ3v) is 7.02. The Hall–Kier alpha value is -2.77. The molecule has 0 saturated heterocycles. The molecule has 8 heteroatoms. The van der Waals surface area contributed by atoms with Crippen LogP contribution in [0.25, 0.3) is 0 Å². The maximum absolute atomic E-state index is 13.6. The van der Waals surface area contributed by atoms with Gasteiger partial charge < -0.3 is 10.6 Å². The lowest BCUT2D eigenvalue weighted by atomic mass is 9.95. The fourth-order valence-corrected chi connectivity index (χ4v) is 4.86. The molecule has 0 bridgehead atoms. The molecule has 1 amide bonds. The van der Waals surface area contributed by atoms with E-state index in [2.05, 4.69) is 22.5 Å². The Morgan fingerprint density at radius 1 is 1.18 bits per heavy atom. The summed E-state index contributed by atoms with van der Waals surface area (Å²) in [6.07, 6.45) is 2.22. The molecule has 1 aliphatic heterocycles. The predicted octanol–water partition coefficient (Wildman–Crippen LogP) is 6.37. The van der Waals surface area contributed by atoms with E-state index in [1.165, 1.54) is 0 Å². The van der Waals surface area contributed by atoms with Gasteiger partial charge in [0.25, 0.3) is 5.91 Å². The van der Waals surface area contributed by atoms with Crippen molar-refractivity contribution >= 4 is 40.9 Å². The van der Waals surface area contributed by atoms with Crippen LogP contribution in [0.2, 0.25) is 5.02 Å². The molecule has 33 heavy (non-hydrogen) atoms. The summed E-state index contributed by atoms with van der Waals surface area (Å²) in [5.41, 5.74) is 5.25. The summed E-state index contributed by atoms with van der Waals surface area (Å²) in [6, 6.07) is 13.0. The predicted molar refractivity (Wildman–Crippen MR) is 136 cm³/mol. The van der Waals surface area contributed by atoms with Crippen LogP contribution in [0.5, 0.6) is 0 Å². The van der Waals surface area contributed by atoms with Crippen LogP contribution in [0.3, 0.4) is 0 Å². The van der Waals surface area contributed by atoms with E-state index < -0.39 is 6.04 Å². The minimum Gasteiger partial charge on any atom is -0.328 e. The molecule has 1 unspecified atom stereocenters. The molecular weight excluding hydrogens is 454 g/mol. The first-order chi connectivity index (χ1) is 15.9. The van der Waals surface area contributed by atoms with Gasteiger partial charge >= 0.3 is 0 Å². The van der Waals surface area contributed by atoms with Crippen molar-refractivity contribution in [3.05, 3.63) is 75.4 Å². The maximum atomic E-state index is 13.6. The molecule has 172 valence electrons. The van der Waals surface area contributed by atoms with Gasteiger partial charge in [0, 0.05) is 22.2 Å². The van der Waals surface area contributed by atoms with Gasteiger partial charge in [-0.05, 0) is 62.1 Å². The van der Waals surface area contributed by atoms with Crippen LogP contribution in [-0.4, -0.2) is 26.4 Å². The van der Waals surface area contributed by atoms with Crippen molar-refractivity contribution < 1.29 is 4.79 Å². The Balaban J connectivity index is 1.73. The summed E-state index contributed by atoms with van der Waals surface area (Å²) in [5.74, 6) is 1.42. The Morgan fingerprint density at radius 2 is 1.94 bits per heavy atom. The van der Waals surface area contributed by atoms with E-state index in [9.17, 15) is 4.79 Å². The molecule has 2 heterocycles. The number of rotatable bonds is 7. The number of unbranched alkanes of at least 4 members (excludes halogenated alkanes) is 1. The number of aromatic nitrogens is 3. The van der Waals surface area contributed by atoms with Gasteiger partial charge in [-0.3, -0.25) is 4.79 Å². The molecule has 0 radical (unpaired) electrons. The zero-order valence-corrected chi connectivity index (χ0v) is 20.8. The third kappa shape index (κ3) is 4.94. The number of carbonyl (C=O) groups is 1. The van der Waals surface area contributed by atoms with E-state index in [1.807, 2.05) is 67.9 Å². The fraction of sp³-hybridized carbons (Fsp3) is 0.320. The molecule has 0 saturated carbocycles. The number of nitrogens with one attached hydrogen (secondary N) is 2. The number of aryl methyl sites for hydroxylation is 1. The van der Waals surface area contributed by atoms with Crippen molar-refractivity contribution in [3.63, 3.8) is 0 Å². The number of hydrogen-bond donors (Lipinski definition) is 2. The topological polar surface area (TPSA) is 71.8 Å². The van der Waals surface area contributed by atoms with Crippen molar-refractivity contribution in [1.29, 1.82) is 0 Å². The Kier molecular flexibility index (Phi) is 7.10. The van der Waals surface area contributed by atoms with Gasteiger partial charge in [0.1, 0.15) is 6.04 Å². The van der Waals surface area contributed by atoms with Gasteiger partial charge in [-0.1, -0.05) is 61.0 Å². The summed E-state index contributed by atoms with van der Waals surface area (Å²) >= 11 is 7.78. The number of hydrogen-bond acceptors (Lipinski definition) is 5. The molecule has 2 N–H and O–H groups in total. The zero-order chi connectivity index (χ0) is 23.5. The third-order valence-electron chi connectivity index (χ3n) is 5.85. The van der Waals surface area contributed by atoms with Crippen LogP contribution < -0.4 is 10.6 Å². The van der Waals surface area contributed by atoms with Crippen LogP contribution >= 0.6 is 23.4 Å². The van der Waals surface area contributed by atoms with E-state index in [4.69, 9.17) is 16.7 Å². The fourth-order valence-electron chi connectivity index (χ4n) is 3.82. The van der Waals surface area contributed by atoms with Gasteiger partial charge in [-0.25, -0.2) is 4.68 Å². The monoisotopic (exact) mass is 481 g/mol. The number of anilines is 2. The molecular formula is C25H28ClN5OS. The van der Waals surface area contributed by atoms with Gasteiger partial charge in [0.15, 0.2) is 0 Å². The largest absolute Gasteiger partial charge is 0.328 e. The average Bonchev–Trinajstić information content (AvgIpc) is 3.19. The van der Waals surface area contributed by atoms with Gasteiger partial charge in [0.2, 0.25) is 11.1 Å². The minimum absolute atomic E-state index is 0.171. The number of halogens is 1. The second kappa shape index (κ2) is 10.0. The number of allylic oxidation sites excluding steroid dienone is 1. The van der Waals surface area contributed by atoms with E-state index in [0.717, 1.165) is 46.7 Å². The first kappa shape index (κ1) is 23.4. The van der Waals surface area contributed by atoms with Crippen LogP contribution in [0.15, 0.2) is 58.9 Å². The maximum Gasteiger partial charge on any atom is 0.255 e. The highest BCUT2D eigenvalue weighted by molar-refractivity contribution is 7.99. The number of amides is 1. The SMILES string of the molecule is CCCCSc1nc2n(n1)C(c1ccc(Cl)cc1)C(C(=O)Nc1cccc(C)c1C)=C(C)N2. The number of fused-ring (bicyclic) bond motifs is 1. The van der Waals surface area contributed by atoms with Crippen molar-refractivity contribution in [1.82, 2.24) is 14.8 Å². The van der Waals surface area contributed by atoms with Gasteiger partial charge in [-0.15, -0.1) is 5.10 Å². The summed E-state index contributed by atoms with van der Waals surface area (Å²) in [7, 11) is 0. The van der Waals surface area contributed by atoms with Crippen LogP contribution in [0.4, 0.5) is 11.6 Å². The quantitative estimate of drug-likeness (QED) is 0.303. The van der Waals surface area contributed by atoms with Crippen molar-refractivity contribution in [3.8, 4) is 0 Å². The Bertz CT molecular complexity index is 1200. The first-order valence-corrected chi connectivity index (χ1v) is 12.5. The molecule has 1 aromatic heterocycles. The van der Waals surface area contributed by atoms with Crippen LogP contribution in [0.1, 0.15) is 49.4 Å². The Morgan fingerprint density at radius 3 is 2.67 bits per heavy atom. The Labute approximate surface area is 203 Å². The number of nitrogens with zero attached hydrogens (tertiary/aromatic N) is 3. The molecule has 3 aromatic rings. The normalized spacial score (nSPS) is 15.2. The molecule has 4 rings (SSSR count). The van der Waals surface area contributed by atoms with Crippen LogP contribution in [-0.2, 0) is 4.79 Å². The second-order valence-electron chi connectivity index (χ2n) is 8.18. The molecule has 6 nitrogen and oxygen atoms in total.